The Morgan fingerprint density at radius 3 is 2.39 bits per heavy atom. The lowest BCUT2D eigenvalue weighted by Crippen LogP contribution is -2.22. The summed E-state index contributed by atoms with van der Waals surface area (Å²) in [7, 11) is 1.62. The van der Waals surface area contributed by atoms with Gasteiger partial charge in [-0.3, -0.25) is 4.79 Å². The first-order valence-corrected chi connectivity index (χ1v) is 12.3. The minimum absolute atomic E-state index is 0.0818. The molecule has 0 aromatic heterocycles. The summed E-state index contributed by atoms with van der Waals surface area (Å²) < 4.78 is 11.9. The lowest BCUT2D eigenvalue weighted by Gasteiger charge is -2.13. The van der Waals surface area contributed by atoms with E-state index >= 15 is 0 Å². The first-order valence-electron chi connectivity index (χ1n) is 10.2. The number of hydrogen-bond acceptors (Lipinski definition) is 5. The number of ether oxygens (including phenoxy) is 2. The molecule has 0 bridgehead atoms. The van der Waals surface area contributed by atoms with Crippen LogP contribution in [0, 0.1) is 0 Å². The standard InChI is InChI=1S/C25H25NO3S2/c1-28-23-15-19(7-12-22(23)29-17-18-5-3-2-4-6-18)16-26-24(27)20-8-10-21(11-9-20)25-30-13-14-31-25/h2-12,15,25H,13-14,16-17H2,1H3,(H,26,27). The Balaban J connectivity index is 1.33. The Bertz CT molecular complexity index is 1000. The molecule has 31 heavy (non-hydrogen) atoms. The van der Waals surface area contributed by atoms with Gasteiger partial charge < -0.3 is 14.8 Å². The van der Waals surface area contributed by atoms with E-state index in [1.54, 1.807) is 7.11 Å². The first kappa shape index (κ1) is 21.7. The Hall–Kier alpha value is -2.57. The second-order valence-electron chi connectivity index (χ2n) is 7.14. The molecule has 1 aliphatic rings. The van der Waals surface area contributed by atoms with Crippen LogP contribution >= 0.6 is 23.5 Å². The first-order chi connectivity index (χ1) is 15.2. The lowest BCUT2D eigenvalue weighted by molar-refractivity contribution is 0.0951. The number of amides is 1. The van der Waals surface area contributed by atoms with Crippen molar-refractivity contribution >= 4 is 29.4 Å². The van der Waals surface area contributed by atoms with E-state index in [4.69, 9.17) is 9.47 Å². The molecule has 0 unspecified atom stereocenters. The third-order valence-corrected chi connectivity index (χ3v) is 8.09. The second-order valence-corrected chi connectivity index (χ2v) is 9.86. The molecule has 1 N–H and O–H groups in total. The quantitative estimate of drug-likeness (QED) is 0.477. The molecule has 0 spiro atoms. The smallest absolute Gasteiger partial charge is 0.251 e. The zero-order valence-electron chi connectivity index (χ0n) is 17.4. The Morgan fingerprint density at radius 2 is 1.68 bits per heavy atom. The van der Waals surface area contributed by atoms with E-state index in [1.807, 2.05) is 84.2 Å². The summed E-state index contributed by atoms with van der Waals surface area (Å²) in [6.45, 7) is 0.894. The molecule has 4 rings (SSSR count). The van der Waals surface area contributed by atoms with Crippen molar-refractivity contribution in [1.29, 1.82) is 0 Å². The van der Waals surface area contributed by atoms with Crippen LogP contribution < -0.4 is 14.8 Å². The van der Waals surface area contributed by atoms with Gasteiger partial charge in [0.1, 0.15) is 6.61 Å². The van der Waals surface area contributed by atoms with E-state index in [-0.39, 0.29) is 5.91 Å². The largest absolute Gasteiger partial charge is 0.493 e. The van der Waals surface area contributed by atoms with Crippen molar-refractivity contribution in [2.24, 2.45) is 0 Å². The fourth-order valence-electron chi connectivity index (χ4n) is 3.30. The molecule has 1 amide bonds. The molecule has 160 valence electrons. The Kier molecular flexibility index (Phi) is 7.43. The van der Waals surface area contributed by atoms with Crippen LogP contribution in [0.4, 0.5) is 0 Å². The normalized spacial score (nSPS) is 13.7. The fraction of sp³-hybridized carbons (Fsp3) is 0.240. The van der Waals surface area contributed by atoms with Gasteiger partial charge in [-0.1, -0.05) is 48.5 Å². The molecular weight excluding hydrogens is 426 g/mol. The minimum atomic E-state index is -0.0818. The predicted octanol–water partition coefficient (Wildman–Crippen LogP) is 5.68. The van der Waals surface area contributed by atoms with Gasteiger partial charge in [-0.05, 0) is 41.0 Å². The highest BCUT2D eigenvalue weighted by Gasteiger charge is 2.18. The van der Waals surface area contributed by atoms with Crippen LogP contribution in [-0.2, 0) is 13.2 Å². The van der Waals surface area contributed by atoms with Gasteiger partial charge >= 0.3 is 0 Å². The van der Waals surface area contributed by atoms with Crippen LogP contribution in [0.5, 0.6) is 11.5 Å². The predicted molar refractivity (Wildman–Crippen MR) is 129 cm³/mol. The van der Waals surface area contributed by atoms with E-state index in [2.05, 4.69) is 17.4 Å². The summed E-state index contributed by atoms with van der Waals surface area (Å²) in [6, 6.07) is 23.7. The van der Waals surface area contributed by atoms with Crippen molar-refractivity contribution < 1.29 is 14.3 Å². The zero-order valence-corrected chi connectivity index (χ0v) is 19.0. The van der Waals surface area contributed by atoms with Crippen molar-refractivity contribution in [3.63, 3.8) is 0 Å². The molecule has 4 nitrogen and oxygen atoms in total. The maximum absolute atomic E-state index is 12.6. The fourth-order valence-corrected chi connectivity index (χ4v) is 6.16. The monoisotopic (exact) mass is 451 g/mol. The molecular formula is C25H25NO3S2. The minimum Gasteiger partial charge on any atom is -0.493 e. The van der Waals surface area contributed by atoms with Gasteiger partial charge in [0.25, 0.3) is 5.91 Å². The van der Waals surface area contributed by atoms with E-state index in [0.717, 1.165) is 11.1 Å². The van der Waals surface area contributed by atoms with Crippen LogP contribution in [0.2, 0.25) is 0 Å². The van der Waals surface area contributed by atoms with E-state index in [0.29, 0.717) is 34.8 Å². The number of carbonyl (C=O) groups is 1. The molecule has 1 heterocycles. The maximum atomic E-state index is 12.6. The number of carbonyl (C=O) groups excluding carboxylic acids is 1. The second kappa shape index (κ2) is 10.6. The summed E-state index contributed by atoms with van der Waals surface area (Å²) in [4.78, 5) is 12.6. The van der Waals surface area contributed by atoms with Gasteiger partial charge in [0.15, 0.2) is 11.5 Å². The highest BCUT2D eigenvalue weighted by molar-refractivity contribution is 8.19. The summed E-state index contributed by atoms with van der Waals surface area (Å²) >= 11 is 3.93. The average Bonchev–Trinajstić information content (AvgIpc) is 3.37. The molecule has 0 atom stereocenters. The van der Waals surface area contributed by atoms with Gasteiger partial charge in [-0.25, -0.2) is 0 Å². The lowest BCUT2D eigenvalue weighted by atomic mass is 10.1. The van der Waals surface area contributed by atoms with Gasteiger partial charge in [0, 0.05) is 23.6 Å². The van der Waals surface area contributed by atoms with Crippen LogP contribution in [-0.4, -0.2) is 24.5 Å². The van der Waals surface area contributed by atoms with Crippen molar-refractivity contribution in [3.8, 4) is 11.5 Å². The maximum Gasteiger partial charge on any atom is 0.251 e. The van der Waals surface area contributed by atoms with Crippen molar-refractivity contribution in [1.82, 2.24) is 5.32 Å². The van der Waals surface area contributed by atoms with Crippen molar-refractivity contribution in [3.05, 3.63) is 95.1 Å². The van der Waals surface area contributed by atoms with Crippen LogP contribution in [0.25, 0.3) is 0 Å². The Morgan fingerprint density at radius 1 is 0.935 bits per heavy atom. The zero-order chi connectivity index (χ0) is 21.5. The third-order valence-electron chi connectivity index (χ3n) is 4.99. The molecule has 3 aromatic carbocycles. The molecule has 0 radical (unpaired) electrons. The van der Waals surface area contributed by atoms with Crippen LogP contribution in [0.1, 0.15) is 31.6 Å². The number of rotatable bonds is 8. The molecule has 1 saturated heterocycles. The summed E-state index contributed by atoms with van der Waals surface area (Å²) in [5.74, 6) is 3.63. The number of nitrogens with one attached hydrogen (secondary N) is 1. The summed E-state index contributed by atoms with van der Waals surface area (Å²) in [6.07, 6.45) is 0. The molecule has 0 saturated carbocycles. The van der Waals surface area contributed by atoms with Gasteiger partial charge in [0.2, 0.25) is 0 Å². The summed E-state index contributed by atoms with van der Waals surface area (Å²) in [5.41, 5.74) is 4.00. The average molecular weight is 452 g/mol. The van der Waals surface area contributed by atoms with Gasteiger partial charge in [-0.15, -0.1) is 23.5 Å². The molecule has 1 aliphatic heterocycles. The van der Waals surface area contributed by atoms with E-state index in [1.165, 1.54) is 17.1 Å². The summed E-state index contributed by atoms with van der Waals surface area (Å²) in [5, 5.41) is 2.99. The topological polar surface area (TPSA) is 47.6 Å². The highest BCUT2D eigenvalue weighted by atomic mass is 32.2. The molecule has 0 aliphatic carbocycles. The third kappa shape index (κ3) is 5.77. The number of hydrogen-bond donors (Lipinski definition) is 1. The Labute approximate surface area is 191 Å². The molecule has 1 fully saturated rings. The highest BCUT2D eigenvalue weighted by Crippen LogP contribution is 2.45. The molecule has 6 heteroatoms. The molecule has 3 aromatic rings. The van der Waals surface area contributed by atoms with Gasteiger partial charge in [0.05, 0.1) is 11.7 Å². The van der Waals surface area contributed by atoms with Crippen molar-refractivity contribution in [2.45, 2.75) is 17.7 Å². The van der Waals surface area contributed by atoms with Gasteiger partial charge in [-0.2, -0.15) is 0 Å². The van der Waals surface area contributed by atoms with Crippen LogP contribution in [0.15, 0.2) is 72.8 Å². The number of methoxy groups -OCH3 is 1. The SMILES string of the molecule is COc1cc(CNC(=O)c2ccc(C3SCCS3)cc2)ccc1OCc1ccccc1. The number of thioether (sulfide) groups is 2. The van der Waals surface area contributed by atoms with E-state index in [9.17, 15) is 4.79 Å². The van der Waals surface area contributed by atoms with Crippen LogP contribution in [0.3, 0.4) is 0 Å². The van der Waals surface area contributed by atoms with E-state index < -0.39 is 0 Å². The number of benzene rings is 3. The van der Waals surface area contributed by atoms with Crippen molar-refractivity contribution in [2.75, 3.05) is 18.6 Å².